The maximum Gasteiger partial charge on any atom is 0.149 e. The Morgan fingerprint density at radius 1 is 0.885 bits per heavy atom. The molecule has 0 saturated heterocycles. The molecule has 3 aromatic rings. The predicted octanol–water partition coefficient (Wildman–Crippen LogP) is 5.18. The number of rotatable bonds is 6. The van der Waals surface area contributed by atoms with Crippen LogP contribution in [0.5, 0.6) is 0 Å². The van der Waals surface area contributed by atoms with Crippen molar-refractivity contribution in [3.8, 4) is 0 Å². The van der Waals surface area contributed by atoms with Gasteiger partial charge in [0.2, 0.25) is 0 Å². The summed E-state index contributed by atoms with van der Waals surface area (Å²) in [4.78, 5) is 12.6. The van der Waals surface area contributed by atoms with Gasteiger partial charge in [0.25, 0.3) is 0 Å². The summed E-state index contributed by atoms with van der Waals surface area (Å²) in [5.74, 6) is 0.655. The normalized spacial score (nSPS) is 13.1. The lowest BCUT2D eigenvalue weighted by molar-refractivity contribution is 0.858. The average molecular weight is 368 g/mol. The molecule has 0 aliphatic rings. The minimum absolute atomic E-state index is 0.0699. The first kappa shape index (κ1) is 18.1. The maximum absolute atomic E-state index is 5.90. The summed E-state index contributed by atoms with van der Waals surface area (Å²) in [7, 11) is 0. The third-order valence-corrected chi connectivity index (χ3v) is 4.32. The van der Waals surface area contributed by atoms with Crippen LogP contribution >= 0.6 is 11.6 Å². The fourth-order valence-electron chi connectivity index (χ4n) is 2.76. The van der Waals surface area contributed by atoms with Crippen LogP contribution in [0.25, 0.3) is 0 Å². The highest BCUT2D eigenvalue weighted by Crippen LogP contribution is 2.24. The molecule has 0 aliphatic heterocycles. The van der Waals surface area contributed by atoms with Crippen molar-refractivity contribution >= 4 is 23.1 Å². The number of benzene rings is 1. The quantitative estimate of drug-likeness (QED) is 0.628. The van der Waals surface area contributed by atoms with E-state index in [0.29, 0.717) is 11.0 Å². The van der Waals surface area contributed by atoms with Crippen molar-refractivity contribution in [1.82, 2.24) is 15.0 Å². The molecule has 0 fully saturated rings. The van der Waals surface area contributed by atoms with Gasteiger partial charge in [-0.15, -0.1) is 0 Å². The van der Waals surface area contributed by atoms with E-state index in [-0.39, 0.29) is 12.1 Å². The Hall–Kier alpha value is -2.66. The first-order chi connectivity index (χ1) is 12.5. The molecule has 3 rings (SSSR count). The van der Waals surface area contributed by atoms with E-state index in [2.05, 4.69) is 70.6 Å². The Morgan fingerprint density at radius 3 is 2.42 bits per heavy atom. The lowest BCUT2D eigenvalue weighted by Crippen LogP contribution is -2.10. The van der Waals surface area contributed by atoms with Crippen LogP contribution < -0.4 is 10.6 Å². The van der Waals surface area contributed by atoms with Gasteiger partial charge in [-0.25, -0.2) is 4.98 Å². The molecule has 0 spiro atoms. The van der Waals surface area contributed by atoms with Crippen molar-refractivity contribution in [1.29, 1.82) is 0 Å². The fraction of sp³-hybridized carbons (Fsp3) is 0.250. The second-order valence-electron chi connectivity index (χ2n) is 6.38. The molecule has 5 nitrogen and oxygen atoms in total. The van der Waals surface area contributed by atoms with Gasteiger partial charge in [0, 0.05) is 18.1 Å². The summed E-state index contributed by atoms with van der Waals surface area (Å²) in [5, 5.41) is 7.23. The van der Waals surface area contributed by atoms with E-state index in [0.717, 1.165) is 22.4 Å². The third-order valence-electron chi connectivity index (χ3n) is 4.14. The molecule has 2 N–H and O–H groups in total. The van der Waals surface area contributed by atoms with Crippen LogP contribution in [0.4, 0.5) is 11.5 Å². The Balaban J connectivity index is 1.71. The number of aryl methyl sites for hydroxylation is 1. The summed E-state index contributed by atoms with van der Waals surface area (Å²) in [5.41, 5.74) is 4.52. The minimum Gasteiger partial charge on any atom is -0.378 e. The van der Waals surface area contributed by atoms with Crippen LogP contribution in [-0.4, -0.2) is 15.0 Å². The molecule has 6 heteroatoms. The van der Waals surface area contributed by atoms with Crippen LogP contribution in [0.15, 0.2) is 55.1 Å². The molecule has 1 aromatic carbocycles. The van der Waals surface area contributed by atoms with Crippen LogP contribution in [0.3, 0.4) is 0 Å². The molecular weight excluding hydrogens is 346 g/mol. The van der Waals surface area contributed by atoms with Crippen molar-refractivity contribution in [2.24, 2.45) is 0 Å². The molecule has 0 bridgehead atoms. The smallest absolute Gasteiger partial charge is 0.149 e. The highest BCUT2D eigenvalue weighted by atomic mass is 35.5. The first-order valence-electron chi connectivity index (χ1n) is 8.53. The van der Waals surface area contributed by atoms with E-state index in [9.17, 15) is 0 Å². The van der Waals surface area contributed by atoms with Gasteiger partial charge in [0.15, 0.2) is 0 Å². The van der Waals surface area contributed by atoms with Gasteiger partial charge in [-0.2, -0.15) is 0 Å². The van der Waals surface area contributed by atoms with Gasteiger partial charge in [-0.3, -0.25) is 9.97 Å². The first-order valence-corrected chi connectivity index (χ1v) is 8.91. The highest BCUT2D eigenvalue weighted by molar-refractivity contribution is 6.29. The number of aromatic nitrogens is 3. The average Bonchev–Trinajstić information content (AvgIpc) is 2.62. The van der Waals surface area contributed by atoms with Crippen molar-refractivity contribution in [2.75, 3.05) is 10.6 Å². The number of hydrogen-bond acceptors (Lipinski definition) is 5. The summed E-state index contributed by atoms with van der Waals surface area (Å²) in [6, 6.07) is 10.7. The van der Waals surface area contributed by atoms with Gasteiger partial charge in [-0.1, -0.05) is 29.8 Å². The van der Waals surface area contributed by atoms with Crippen molar-refractivity contribution < 1.29 is 0 Å². The molecule has 2 aromatic heterocycles. The van der Waals surface area contributed by atoms with Crippen LogP contribution in [0.2, 0.25) is 5.15 Å². The van der Waals surface area contributed by atoms with E-state index in [1.807, 2.05) is 18.5 Å². The van der Waals surface area contributed by atoms with Gasteiger partial charge in [0.05, 0.1) is 24.5 Å². The van der Waals surface area contributed by atoms with Gasteiger partial charge in [0.1, 0.15) is 11.0 Å². The molecule has 2 atom stereocenters. The zero-order chi connectivity index (χ0) is 18.5. The lowest BCUT2D eigenvalue weighted by atomic mass is 10.1. The van der Waals surface area contributed by atoms with Crippen molar-refractivity contribution in [3.05, 3.63) is 77.0 Å². The van der Waals surface area contributed by atoms with Crippen LogP contribution in [0.1, 0.15) is 42.6 Å². The number of anilines is 2. The summed E-state index contributed by atoms with van der Waals surface area (Å²) >= 11 is 5.90. The number of pyridine rings is 1. The second-order valence-corrected chi connectivity index (χ2v) is 6.77. The lowest BCUT2D eigenvalue weighted by Gasteiger charge is -2.19. The summed E-state index contributed by atoms with van der Waals surface area (Å²) < 4.78 is 0. The molecule has 0 aliphatic carbocycles. The monoisotopic (exact) mass is 367 g/mol. The van der Waals surface area contributed by atoms with E-state index in [1.54, 1.807) is 6.20 Å². The number of halogens is 1. The van der Waals surface area contributed by atoms with E-state index in [1.165, 1.54) is 6.20 Å². The second kappa shape index (κ2) is 8.15. The Kier molecular flexibility index (Phi) is 5.68. The largest absolute Gasteiger partial charge is 0.378 e. The topological polar surface area (TPSA) is 62.7 Å². The summed E-state index contributed by atoms with van der Waals surface area (Å²) in [6.45, 7) is 6.26. The molecule has 0 radical (unpaired) electrons. The fourth-order valence-corrected chi connectivity index (χ4v) is 2.91. The number of nitrogens with zero attached hydrogens (tertiary/aromatic N) is 3. The SMILES string of the molecule is Cc1cncc(C(C)Nc2cccc([C@H](C)Nc3cncc(Cl)n3)c2)c1. The number of hydrogen-bond donors (Lipinski definition) is 2. The predicted molar refractivity (Wildman–Crippen MR) is 107 cm³/mol. The number of nitrogens with one attached hydrogen (secondary N) is 2. The zero-order valence-electron chi connectivity index (χ0n) is 15.1. The molecule has 2 heterocycles. The summed E-state index contributed by atoms with van der Waals surface area (Å²) in [6.07, 6.45) is 6.94. The third kappa shape index (κ3) is 4.70. The zero-order valence-corrected chi connectivity index (χ0v) is 15.8. The van der Waals surface area contributed by atoms with Crippen LogP contribution in [0, 0.1) is 6.92 Å². The minimum atomic E-state index is 0.0699. The highest BCUT2D eigenvalue weighted by Gasteiger charge is 2.10. The van der Waals surface area contributed by atoms with Crippen LogP contribution in [-0.2, 0) is 0 Å². The standard InChI is InChI=1S/C20H22ClN5/c1-13-7-17(10-22-9-13)15(3)24-18-6-4-5-16(8-18)14(2)25-20-12-23-11-19(21)26-20/h4-12,14-15,24H,1-3H3,(H,25,26)/t14-,15?/m0/s1. The van der Waals surface area contributed by atoms with Gasteiger partial charge >= 0.3 is 0 Å². The maximum atomic E-state index is 5.90. The Morgan fingerprint density at radius 2 is 1.65 bits per heavy atom. The molecular formula is C20H22ClN5. The Labute approximate surface area is 158 Å². The molecule has 1 unspecified atom stereocenters. The Bertz CT molecular complexity index is 883. The molecule has 26 heavy (non-hydrogen) atoms. The molecule has 0 saturated carbocycles. The van der Waals surface area contributed by atoms with Gasteiger partial charge in [-0.05, 0) is 49.6 Å². The van der Waals surface area contributed by atoms with E-state index >= 15 is 0 Å². The van der Waals surface area contributed by atoms with E-state index in [4.69, 9.17) is 11.6 Å². The van der Waals surface area contributed by atoms with E-state index < -0.39 is 0 Å². The van der Waals surface area contributed by atoms with Crippen molar-refractivity contribution in [2.45, 2.75) is 32.9 Å². The van der Waals surface area contributed by atoms with Gasteiger partial charge < -0.3 is 10.6 Å². The molecule has 134 valence electrons. The molecule has 0 amide bonds. The van der Waals surface area contributed by atoms with Crippen molar-refractivity contribution in [3.63, 3.8) is 0 Å².